The van der Waals surface area contributed by atoms with E-state index in [0.29, 0.717) is 11.8 Å². The monoisotopic (exact) mass is 294 g/mol. The summed E-state index contributed by atoms with van der Waals surface area (Å²) in [5.74, 6) is 5.15. The van der Waals surface area contributed by atoms with Crippen molar-refractivity contribution in [2.24, 2.45) is 23.7 Å². The maximum Gasteiger partial charge on any atom is 0.241 e. The zero-order chi connectivity index (χ0) is 14.0. The predicted molar refractivity (Wildman–Crippen MR) is 83.6 cm³/mol. The van der Waals surface area contributed by atoms with E-state index in [0.717, 1.165) is 11.8 Å². The highest BCUT2D eigenvalue weighted by molar-refractivity contribution is 6.70. The van der Waals surface area contributed by atoms with Crippen LogP contribution in [0.3, 0.4) is 0 Å². The molecule has 0 radical (unpaired) electrons. The minimum atomic E-state index is -1.54. The number of fused-ring (bicyclic) bond motifs is 5. The van der Waals surface area contributed by atoms with Gasteiger partial charge in [0, 0.05) is 11.8 Å². The lowest BCUT2D eigenvalue weighted by atomic mass is 9.71. The van der Waals surface area contributed by atoms with Gasteiger partial charge in [-0.25, -0.2) is 0 Å². The van der Waals surface area contributed by atoms with Gasteiger partial charge in [-0.1, -0.05) is 12.2 Å². The van der Waals surface area contributed by atoms with Gasteiger partial charge < -0.3 is 8.85 Å². The molecule has 3 rings (SSSR count). The molecule has 0 saturated heterocycles. The molecule has 2 bridgehead atoms. The normalized spacial score (nSPS) is 36.3. The summed E-state index contributed by atoms with van der Waals surface area (Å²) >= 11 is 0. The van der Waals surface area contributed by atoms with Crippen molar-refractivity contribution in [3.63, 3.8) is 0 Å². The van der Waals surface area contributed by atoms with E-state index < -0.39 is 16.6 Å². The first-order chi connectivity index (χ1) is 8.66. The molecule has 1 fully saturated rings. The minimum Gasteiger partial charge on any atom is -0.545 e. The number of hydrogen-bond donors (Lipinski definition) is 0. The molecule has 3 aliphatic carbocycles. The average molecular weight is 295 g/mol. The van der Waals surface area contributed by atoms with E-state index >= 15 is 0 Å². The Morgan fingerprint density at radius 3 is 1.47 bits per heavy atom. The Morgan fingerprint density at radius 2 is 1.16 bits per heavy atom. The molecule has 0 heterocycles. The Kier molecular flexibility index (Phi) is 2.85. The molecule has 19 heavy (non-hydrogen) atoms. The molecular formula is C15H26O2Si2. The Balaban J connectivity index is 1.88. The third kappa shape index (κ3) is 2.33. The number of rotatable bonds is 4. The summed E-state index contributed by atoms with van der Waals surface area (Å²) in [6.07, 6.45) is 6.13. The lowest BCUT2D eigenvalue weighted by molar-refractivity contribution is 0.137. The Bertz CT molecular complexity index is 414. The van der Waals surface area contributed by atoms with Gasteiger partial charge in [-0.3, -0.25) is 0 Å². The molecule has 1 saturated carbocycles. The Morgan fingerprint density at radius 1 is 0.789 bits per heavy atom. The second-order valence-electron chi connectivity index (χ2n) is 8.16. The van der Waals surface area contributed by atoms with Crippen LogP contribution in [0.15, 0.2) is 23.7 Å². The minimum absolute atomic E-state index is 0.632. The largest absolute Gasteiger partial charge is 0.545 e. The summed E-state index contributed by atoms with van der Waals surface area (Å²) in [5, 5.41) is 0. The van der Waals surface area contributed by atoms with Crippen molar-refractivity contribution in [3.05, 3.63) is 23.7 Å². The lowest BCUT2D eigenvalue weighted by Crippen LogP contribution is -2.43. The molecule has 2 nitrogen and oxygen atoms in total. The first kappa shape index (κ1) is 13.5. The van der Waals surface area contributed by atoms with Crippen molar-refractivity contribution in [3.8, 4) is 0 Å². The van der Waals surface area contributed by atoms with E-state index in [1.54, 1.807) is 0 Å². The maximum absolute atomic E-state index is 6.38. The second kappa shape index (κ2) is 4.01. The molecule has 0 amide bonds. The summed E-state index contributed by atoms with van der Waals surface area (Å²) in [6, 6.07) is 0. The van der Waals surface area contributed by atoms with Crippen LogP contribution >= 0.6 is 0 Å². The van der Waals surface area contributed by atoms with E-state index in [2.05, 4.69) is 51.4 Å². The molecule has 0 aliphatic heterocycles. The van der Waals surface area contributed by atoms with Gasteiger partial charge in [0.25, 0.3) is 0 Å². The quantitative estimate of drug-likeness (QED) is 0.567. The van der Waals surface area contributed by atoms with Crippen molar-refractivity contribution < 1.29 is 8.85 Å². The van der Waals surface area contributed by atoms with Gasteiger partial charge in [-0.05, 0) is 57.5 Å². The van der Waals surface area contributed by atoms with Gasteiger partial charge in [0.05, 0.1) is 0 Å². The highest BCUT2D eigenvalue weighted by atomic mass is 28.4. The van der Waals surface area contributed by atoms with Crippen LogP contribution in [0.5, 0.6) is 0 Å². The van der Waals surface area contributed by atoms with Crippen molar-refractivity contribution >= 4 is 16.6 Å². The van der Waals surface area contributed by atoms with Crippen LogP contribution in [0, 0.1) is 23.7 Å². The summed E-state index contributed by atoms with van der Waals surface area (Å²) in [7, 11) is -3.08. The fourth-order valence-corrected chi connectivity index (χ4v) is 5.46. The van der Waals surface area contributed by atoms with Crippen LogP contribution in [-0.2, 0) is 8.85 Å². The van der Waals surface area contributed by atoms with Crippen molar-refractivity contribution in [1.82, 2.24) is 0 Å². The molecule has 0 aromatic rings. The van der Waals surface area contributed by atoms with Crippen LogP contribution in [0.1, 0.15) is 6.42 Å². The van der Waals surface area contributed by atoms with Gasteiger partial charge in [0.15, 0.2) is 0 Å². The van der Waals surface area contributed by atoms with Gasteiger partial charge in [0.1, 0.15) is 11.5 Å². The molecule has 106 valence electrons. The molecule has 0 aromatic heterocycles. The maximum atomic E-state index is 6.38. The topological polar surface area (TPSA) is 18.5 Å². The van der Waals surface area contributed by atoms with Crippen molar-refractivity contribution in [2.75, 3.05) is 0 Å². The predicted octanol–water partition coefficient (Wildman–Crippen LogP) is 4.35. The molecule has 4 atom stereocenters. The molecule has 0 N–H and O–H groups in total. The van der Waals surface area contributed by atoms with E-state index in [1.165, 1.54) is 17.9 Å². The number of allylic oxidation sites excluding steroid dienone is 4. The molecule has 0 aromatic carbocycles. The smallest absolute Gasteiger partial charge is 0.241 e. The zero-order valence-electron chi connectivity index (χ0n) is 13.0. The first-order valence-electron chi connectivity index (χ1n) is 7.46. The molecule has 4 heteroatoms. The van der Waals surface area contributed by atoms with Gasteiger partial charge >= 0.3 is 0 Å². The van der Waals surface area contributed by atoms with Crippen molar-refractivity contribution in [2.45, 2.75) is 45.7 Å². The van der Waals surface area contributed by atoms with Gasteiger partial charge in [-0.2, -0.15) is 0 Å². The summed E-state index contributed by atoms with van der Waals surface area (Å²) in [6.45, 7) is 13.6. The van der Waals surface area contributed by atoms with E-state index in [4.69, 9.17) is 8.85 Å². The van der Waals surface area contributed by atoms with Crippen LogP contribution in [-0.4, -0.2) is 16.6 Å². The van der Waals surface area contributed by atoms with Gasteiger partial charge in [-0.15, -0.1) is 0 Å². The highest BCUT2D eigenvalue weighted by Crippen LogP contribution is 2.62. The molecule has 3 aliphatic rings. The summed E-state index contributed by atoms with van der Waals surface area (Å²) in [5.41, 5.74) is 0. The average Bonchev–Trinajstić information content (AvgIpc) is 2.78. The standard InChI is InChI=1S/C15H26O2Si2/c1-18(2,3)16-14-12-10-7-8-11(9-10)13(12)15(14)17-19(4,5)6/h7-8,10-13H,9H2,1-6H3/t10-,11+,12?,13?. The van der Waals surface area contributed by atoms with Crippen LogP contribution in [0.2, 0.25) is 39.3 Å². The zero-order valence-corrected chi connectivity index (χ0v) is 15.0. The van der Waals surface area contributed by atoms with E-state index in [1.807, 2.05) is 0 Å². The van der Waals surface area contributed by atoms with Gasteiger partial charge in [0.2, 0.25) is 16.6 Å². The SMILES string of the molecule is C[Si](C)(C)OC1=C(O[Si](C)(C)C)C2C1[C@@H]1C=C[C@H]2C1. The first-order valence-corrected chi connectivity index (χ1v) is 14.3. The Hall–Kier alpha value is -0.486. The van der Waals surface area contributed by atoms with Crippen molar-refractivity contribution in [1.29, 1.82) is 0 Å². The third-order valence-electron chi connectivity index (χ3n) is 4.14. The van der Waals surface area contributed by atoms with E-state index in [-0.39, 0.29) is 0 Å². The summed E-state index contributed by atoms with van der Waals surface area (Å²) in [4.78, 5) is 0. The molecule has 2 unspecified atom stereocenters. The van der Waals surface area contributed by atoms with Crippen LogP contribution < -0.4 is 0 Å². The molecular weight excluding hydrogens is 268 g/mol. The fraction of sp³-hybridized carbons (Fsp3) is 0.733. The highest BCUT2D eigenvalue weighted by Gasteiger charge is 2.58. The second-order valence-corrected chi connectivity index (χ2v) is 17.0. The molecule has 0 spiro atoms. The van der Waals surface area contributed by atoms with Crippen LogP contribution in [0.4, 0.5) is 0 Å². The van der Waals surface area contributed by atoms with E-state index in [9.17, 15) is 0 Å². The summed E-state index contributed by atoms with van der Waals surface area (Å²) < 4.78 is 12.8. The Labute approximate surface area is 119 Å². The fourth-order valence-electron chi connectivity index (χ4n) is 3.67. The third-order valence-corrected chi connectivity index (χ3v) is 5.80. The lowest BCUT2D eigenvalue weighted by Gasteiger charge is -2.45. The number of hydrogen-bond acceptors (Lipinski definition) is 2. The van der Waals surface area contributed by atoms with Crippen LogP contribution in [0.25, 0.3) is 0 Å².